The van der Waals surface area contributed by atoms with E-state index in [0.29, 0.717) is 12.0 Å². The van der Waals surface area contributed by atoms with E-state index in [9.17, 15) is 4.39 Å². The van der Waals surface area contributed by atoms with Gasteiger partial charge in [0.05, 0.1) is 0 Å². The van der Waals surface area contributed by atoms with Gasteiger partial charge in [0.15, 0.2) is 0 Å². The summed E-state index contributed by atoms with van der Waals surface area (Å²) in [7, 11) is 0. The van der Waals surface area contributed by atoms with Crippen molar-refractivity contribution in [3.63, 3.8) is 0 Å². The first-order valence-corrected chi connectivity index (χ1v) is 7.97. The van der Waals surface area contributed by atoms with Gasteiger partial charge in [-0.2, -0.15) is 0 Å². The van der Waals surface area contributed by atoms with E-state index in [0.717, 1.165) is 43.2 Å². The fourth-order valence-electron chi connectivity index (χ4n) is 2.48. The second kappa shape index (κ2) is 7.88. The first-order chi connectivity index (χ1) is 9.29. The van der Waals surface area contributed by atoms with Gasteiger partial charge in [-0.05, 0) is 43.5 Å². The molecule has 0 radical (unpaired) electrons. The quantitative estimate of drug-likeness (QED) is 0.809. The predicted molar refractivity (Wildman–Crippen MR) is 78.1 cm³/mol. The zero-order valence-corrected chi connectivity index (χ0v) is 12.2. The summed E-state index contributed by atoms with van der Waals surface area (Å²) >= 11 is 1.73. The number of nitrogens with one attached hydrogen (secondary N) is 1. The maximum absolute atomic E-state index is 13.1. The molecule has 0 amide bonds. The second-order valence-electron chi connectivity index (χ2n) is 4.88. The highest BCUT2D eigenvalue weighted by molar-refractivity contribution is 7.99. The van der Waals surface area contributed by atoms with Gasteiger partial charge >= 0.3 is 0 Å². The molecule has 4 heteroatoms. The Morgan fingerprint density at radius 1 is 1.42 bits per heavy atom. The molecule has 0 saturated carbocycles. The molecule has 1 aromatic carbocycles. The third-order valence-corrected chi connectivity index (χ3v) is 4.64. The molecular formula is C15H22FNOS. The Labute approximate surface area is 119 Å². The molecule has 1 aromatic rings. The van der Waals surface area contributed by atoms with Crippen molar-refractivity contribution < 1.29 is 9.13 Å². The molecular weight excluding hydrogens is 261 g/mol. The highest BCUT2D eigenvalue weighted by Gasteiger charge is 2.23. The van der Waals surface area contributed by atoms with Crippen LogP contribution in [0.5, 0.6) is 0 Å². The average molecular weight is 283 g/mol. The van der Waals surface area contributed by atoms with Gasteiger partial charge in [0.2, 0.25) is 0 Å². The Kier molecular flexibility index (Phi) is 6.14. The van der Waals surface area contributed by atoms with E-state index in [1.165, 1.54) is 6.07 Å². The molecule has 19 heavy (non-hydrogen) atoms. The molecule has 106 valence electrons. The normalized spacial score (nSPS) is 18.4. The van der Waals surface area contributed by atoms with Crippen molar-refractivity contribution in [1.82, 2.24) is 5.32 Å². The maximum atomic E-state index is 13.1. The van der Waals surface area contributed by atoms with E-state index in [1.807, 2.05) is 6.07 Å². The average Bonchev–Trinajstić information content (AvgIpc) is 2.44. The van der Waals surface area contributed by atoms with Crippen molar-refractivity contribution in [3.05, 3.63) is 30.1 Å². The van der Waals surface area contributed by atoms with Crippen molar-refractivity contribution in [2.45, 2.75) is 30.7 Å². The van der Waals surface area contributed by atoms with Crippen LogP contribution in [0.3, 0.4) is 0 Å². The lowest BCUT2D eigenvalue weighted by atomic mass is 9.93. The lowest BCUT2D eigenvalue weighted by Gasteiger charge is -2.30. The van der Waals surface area contributed by atoms with Gasteiger partial charge in [0.1, 0.15) is 5.82 Å². The van der Waals surface area contributed by atoms with E-state index < -0.39 is 0 Å². The zero-order valence-electron chi connectivity index (χ0n) is 11.4. The van der Waals surface area contributed by atoms with E-state index in [1.54, 1.807) is 23.9 Å². The lowest BCUT2D eigenvalue weighted by molar-refractivity contribution is 0.0568. The third kappa shape index (κ3) is 4.79. The monoisotopic (exact) mass is 283 g/mol. The van der Waals surface area contributed by atoms with Crippen LogP contribution in [0, 0.1) is 11.7 Å². The van der Waals surface area contributed by atoms with Crippen molar-refractivity contribution >= 4 is 11.8 Å². The molecule has 1 fully saturated rings. The summed E-state index contributed by atoms with van der Waals surface area (Å²) in [4.78, 5) is 1.01. The fourth-order valence-corrected chi connectivity index (χ4v) is 3.62. The topological polar surface area (TPSA) is 21.3 Å². The van der Waals surface area contributed by atoms with Crippen molar-refractivity contribution in [2.75, 3.05) is 25.5 Å². The van der Waals surface area contributed by atoms with Gasteiger partial charge in [-0.3, -0.25) is 0 Å². The number of thioether (sulfide) groups is 1. The fraction of sp³-hybridized carbons (Fsp3) is 0.600. The molecule has 0 aliphatic carbocycles. The third-order valence-electron chi connectivity index (χ3n) is 3.53. The molecule has 1 atom stereocenters. The second-order valence-corrected chi connectivity index (χ2v) is 5.98. The van der Waals surface area contributed by atoms with Crippen LogP contribution in [0.1, 0.15) is 19.8 Å². The summed E-state index contributed by atoms with van der Waals surface area (Å²) in [6, 6.07) is 7.33. The molecule has 1 unspecified atom stereocenters. The minimum absolute atomic E-state index is 0.156. The zero-order chi connectivity index (χ0) is 13.5. The lowest BCUT2D eigenvalue weighted by Crippen LogP contribution is -2.40. The van der Waals surface area contributed by atoms with Gasteiger partial charge in [-0.1, -0.05) is 13.0 Å². The standard InChI is InChI=1S/C15H22FNOS/c1-2-17-15(12-6-8-18-9-7-12)11-19-14-5-3-4-13(16)10-14/h3-5,10,12,15,17H,2,6-9,11H2,1H3. The minimum Gasteiger partial charge on any atom is -0.381 e. The van der Waals surface area contributed by atoms with Gasteiger partial charge in [0, 0.05) is 29.9 Å². The SMILES string of the molecule is CCNC(CSc1cccc(F)c1)C1CCOCC1. The van der Waals surface area contributed by atoms with Crippen molar-refractivity contribution in [2.24, 2.45) is 5.92 Å². The van der Waals surface area contributed by atoms with Crippen molar-refractivity contribution in [1.29, 1.82) is 0 Å². The molecule has 1 aliphatic rings. The predicted octanol–water partition coefficient (Wildman–Crippen LogP) is 3.32. The van der Waals surface area contributed by atoms with E-state index in [-0.39, 0.29) is 5.82 Å². The van der Waals surface area contributed by atoms with E-state index in [4.69, 9.17) is 4.74 Å². The Balaban J connectivity index is 1.89. The first kappa shape index (κ1) is 14.8. The molecule has 0 bridgehead atoms. The summed E-state index contributed by atoms with van der Waals surface area (Å²) in [6.07, 6.45) is 2.25. The Morgan fingerprint density at radius 3 is 2.89 bits per heavy atom. The number of benzene rings is 1. The van der Waals surface area contributed by atoms with Crippen LogP contribution in [-0.4, -0.2) is 31.6 Å². The highest BCUT2D eigenvalue weighted by Crippen LogP contribution is 2.25. The summed E-state index contributed by atoms with van der Waals surface area (Å²) in [5.74, 6) is 1.51. The van der Waals surface area contributed by atoms with Crippen LogP contribution in [0.4, 0.5) is 4.39 Å². The molecule has 1 heterocycles. The summed E-state index contributed by atoms with van der Waals surface area (Å²) in [5, 5.41) is 3.57. The van der Waals surface area contributed by atoms with Gasteiger partial charge in [0.25, 0.3) is 0 Å². The number of rotatable bonds is 6. The first-order valence-electron chi connectivity index (χ1n) is 6.99. The van der Waals surface area contributed by atoms with Crippen molar-refractivity contribution in [3.8, 4) is 0 Å². The number of halogens is 1. The molecule has 2 nitrogen and oxygen atoms in total. The number of ether oxygens (including phenoxy) is 1. The Morgan fingerprint density at radius 2 is 2.21 bits per heavy atom. The van der Waals surface area contributed by atoms with Gasteiger partial charge in [-0.15, -0.1) is 11.8 Å². The molecule has 0 aromatic heterocycles. The summed E-state index contributed by atoms with van der Waals surface area (Å²) in [6.45, 7) is 4.86. The minimum atomic E-state index is -0.156. The molecule has 1 N–H and O–H groups in total. The van der Waals surface area contributed by atoms with Crippen LogP contribution in [-0.2, 0) is 4.74 Å². The Bertz CT molecular complexity index is 382. The molecule has 2 rings (SSSR count). The molecule has 1 aliphatic heterocycles. The van der Waals surface area contributed by atoms with E-state index in [2.05, 4.69) is 12.2 Å². The van der Waals surface area contributed by atoms with Crippen LogP contribution in [0.2, 0.25) is 0 Å². The van der Waals surface area contributed by atoms with Crippen LogP contribution >= 0.6 is 11.8 Å². The van der Waals surface area contributed by atoms with Crippen LogP contribution in [0.15, 0.2) is 29.2 Å². The maximum Gasteiger partial charge on any atom is 0.124 e. The largest absolute Gasteiger partial charge is 0.381 e. The highest BCUT2D eigenvalue weighted by atomic mass is 32.2. The van der Waals surface area contributed by atoms with E-state index >= 15 is 0 Å². The Hall–Kier alpha value is -0.580. The summed E-state index contributed by atoms with van der Waals surface area (Å²) < 4.78 is 18.6. The smallest absolute Gasteiger partial charge is 0.124 e. The number of hydrogen-bond donors (Lipinski definition) is 1. The van der Waals surface area contributed by atoms with Crippen LogP contribution < -0.4 is 5.32 Å². The van der Waals surface area contributed by atoms with Crippen LogP contribution in [0.25, 0.3) is 0 Å². The summed E-state index contributed by atoms with van der Waals surface area (Å²) in [5.41, 5.74) is 0. The van der Waals surface area contributed by atoms with Gasteiger partial charge in [-0.25, -0.2) is 4.39 Å². The molecule has 0 spiro atoms. The van der Waals surface area contributed by atoms with Gasteiger partial charge < -0.3 is 10.1 Å². The molecule has 1 saturated heterocycles. The number of hydrogen-bond acceptors (Lipinski definition) is 3.